The van der Waals surface area contributed by atoms with Crippen molar-refractivity contribution >= 4 is 23.5 Å². The van der Waals surface area contributed by atoms with E-state index < -0.39 is 6.09 Å². The van der Waals surface area contributed by atoms with Crippen LogP contribution in [0.5, 0.6) is 0 Å². The molecule has 3 aromatic rings. The molecule has 1 aromatic heterocycles. The monoisotopic (exact) mass is 385 g/mol. The van der Waals surface area contributed by atoms with Crippen LogP contribution >= 0.6 is 11.6 Å². The molecule has 0 spiro atoms. The molecule has 7 nitrogen and oxygen atoms in total. The molecule has 0 saturated heterocycles. The molecule has 0 radical (unpaired) electrons. The van der Waals surface area contributed by atoms with Crippen molar-refractivity contribution < 1.29 is 19.2 Å². The van der Waals surface area contributed by atoms with Gasteiger partial charge in [-0.15, -0.1) is 0 Å². The van der Waals surface area contributed by atoms with Crippen molar-refractivity contribution in [1.82, 2.24) is 15.3 Å². The molecule has 27 heavy (non-hydrogen) atoms. The molecule has 1 heterocycles. The number of halogens is 1. The predicted octanol–water partition coefficient (Wildman–Crippen LogP) is 3.54. The molecule has 2 aromatic carbocycles. The molecule has 8 heteroatoms. The van der Waals surface area contributed by atoms with Crippen LogP contribution in [-0.4, -0.2) is 28.8 Å². The van der Waals surface area contributed by atoms with E-state index in [1.54, 1.807) is 53.3 Å². The number of carbonyl (C=O) groups excluding carboxylic acids is 2. The number of hydrogen-bond donors (Lipinski definition) is 1. The van der Waals surface area contributed by atoms with Crippen LogP contribution in [0.2, 0.25) is 5.02 Å². The summed E-state index contributed by atoms with van der Waals surface area (Å²) in [7, 11) is 1.23. The van der Waals surface area contributed by atoms with Gasteiger partial charge in [0.1, 0.15) is 12.3 Å². The van der Waals surface area contributed by atoms with Gasteiger partial charge in [0.15, 0.2) is 0 Å². The largest absolute Gasteiger partial charge is 0.451 e. The highest BCUT2D eigenvalue weighted by atomic mass is 35.5. The predicted molar refractivity (Wildman–Crippen MR) is 98.8 cm³/mol. The lowest BCUT2D eigenvalue weighted by Crippen LogP contribution is -2.23. The Morgan fingerprint density at radius 2 is 1.85 bits per heavy atom. The first-order valence-electron chi connectivity index (χ1n) is 7.98. The van der Waals surface area contributed by atoms with E-state index in [4.69, 9.17) is 16.4 Å². The van der Waals surface area contributed by atoms with Gasteiger partial charge in [0.2, 0.25) is 5.78 Å². The van der Waals surface area contributed by atoms with Crippen LogP contribution in [0, 0.1) is 0 Å². The molecule has 138 valence electrons. The summed E-state index contributed by atoms with van der Waals surface area (Å²) in [6.07, 6.45) is 0.981. The molecule has 1 amide bonds. The van der Waals surface area contributed by atoms with Gasteiger partial charge >= 0.3 is 6.09 Å². The molecule has 0 aliphatic heterocycles. The number of aromatic nitrogens is 2. The average Bonchev–Trinajstić information content (AvgIpc) is 3.18. The fourth-order valence-electron chi connectivity index (χ4n) is 2.40. The Kier molecular flexibility index (Phi) is 5.85. The Morgan fingerprint density at radius 3 is 2.59 bits per heavy atom. The fourth-order valence-corrected chi connectivity index (χ4v) is 2.53. The number of nitrogens with one attached hydrogen (secondary N) is 1. The Labute approximate surface area is 160 Å². The van der Waals surface area contributed by atoms with E-state index in [1.165, 1.54) is 7.11 Å². The number of ketones is 1. The van der Waals surface area contributed by atoms with Gasteiger partial charge in [-0.25, -0.2) is 9.48 Å². The van der Waals surface area contributed by atoms with Gasteiger partial charge in [0, 0.05) is 16.8 Å². The number of hydrogen-bond acceptors (Lipinski definition) is 5. The molecule has 0 bridgehead atoms. The first-order chi connectivity index (χ1) is 13.1. The summed E-state index contributed by atoms with van der Waals surface area (Å²) >= 11 is 5.89. The van der Waals surface area contributed by atoms with Gasteiger partial charge < -0.3 is 4.74 Å². The molecular formula is C19H16ClN3O4. The first-order valence-corrected chi connectivity index (χ1v) is 8.36. The van der Waals surface area contributed by atoms with E-state index in [0.29, 0.717) is 21.8 Å². The van der Waals surface area contributed by atoms with E-state index in [0.717, 1.165) is 5.69 Å². The molecule has 0 fully saturated rings. The van der Waals surface area contributed by atoms with Crippen molar-refractivity contribution in [3.05, 3.63) is 82.6 Å². The Hall–Kier alpha value is -3.16. The minimum Gasteiger partial charge on any atom is -0.451 e. The van der Waals surface area contributed by atoms with Crippen LogP contribution in [-0.2, 0) is 16.2 Å². The summed E-state index contributed by atoms with van der Waals surface area (Å²) < 4.78 is 6.02. The number of carbonyl (C=O) groups is 2. The van der Waals surface area contributed by atoms with Gasteiger partial charge in [-0.1, -0.05) is 35.9 Å². The van der Waals surface area contributed by atoms with Crippen LogP contribution in [0.15, 0.2) is 60.8 Å². The smallest absolute Gasteiger partial charge is 0.431 e. The van der Waals surface area contributed by atoms with Crippen LogP contribution < -0.4 is 5.48 Å². The van der Waals surface area contributed by atoms with Gasteiger partial charge in [-0.2, -0.15) is 10.6 Å². The Balaban J connectivity index is 1.78. The van der Waals surface area contributed by atoms with Crippen LogP contribution in [0.1, 0.15) is 21.6 Å². The van der Waals surface area contributed by atoms with Crippen molar-refractivity contribution in [3.8, 4) is 5.69 Å². The summed E-state index contributed by atoms with van der Waals surface area (Å²) in [6.45, 7) is 0.00884. The molecule has 3 rings (SSSR count). The highest BCUT2D eigenvalue weighted by Crippen LogP contribution is 2.17. The minimum atomic E-state index is -0.722. The highest BCUT2D eigenvalue weighted by molar-refractivity contribution is 6.30. The van der Waals surface area contributed by atoms with E-state index in [-0.39, 0.29) is 12.4 Å². The van der Waals surface area contributed by atoms with Crippen molar-refractivity contribution in [2.75, 3.05) is 7.11 Å². The molecular weight excluding hydrogens is 370 g/mol. The summed E-state index contributed by atoms with van der Waals surface area (Å²) in [6, 6.07) is 15.7. The maximum absolute atomic E-state index is 12.9. The fraction of sp³-hybridized carbons (Fsp3) is 0.105. The number of benzene rings is 2. The maximum atomic E-state index is 12.9. The SMILES string of the molecule is COC(=O)NOCc1ccccc1C(=O)c1ccn(-c2ccc(Cl)cc2)n1. The number of nitrogens with zero attached hydrogens (tertiary/aromatic N) is 2. The van der Waals surface area contributed by atoms with Gasteiger partial charge in [0.05, 0.1) is 12.8 Å². The third-order valence-corrected chi connectivity index (χ3v) is 4.00. The van der Waals surface area contributed by atoms with E-state index in [2.05, 4.69) is 15.3 Å². The molecule has 0 aliphatic carbocycles. The Bertz CT molecular complexity index is 954. The number of ether oxygens (including phenoxy) is 1. The zero-order valence-corrected chi connectivity index (χ0v) is 15.1. The number of amides is 1. The third-order valence-electron chi connectivity index (χ3n) is 3.74. The average molecular weight is 386 g/mol. The van der Waals surface area contributed by atoms with Crippen LogP contribution in [0.3, 0.4) is 0 Å². The van der Waals surface area contributed by atoms with Gasteiger partial charge in [0.25, 0.3) is 0 Å². The molecule has 0 aliphatic rings. The van der Waals surface area contributed by atoms with Crippen molar-refractivity contribution in [3.63, 3.8) is 0 Å². The number of rotatable bonds is 6. The summed E-state index contributed by atoms with van der Waals surface area (Å²) in [5.41, 5.74) is 4.24. The lowest BCUT2D eigenvalue weighted by Gasteiger charge is -2.08. The first kappa shape index (κ1) is 18.6. The molecule has 1 N–H and O–H groups in total. The lowest BCUT2D eigenvalue weighted by molar-refractivity contribution is 0.0248. The van der Waals surface area contributed by atoms with Crippen LogP contribution in [0.4, 0.5) is 4.79 Å². The number of methoxy groups -OCH3 is 1. The molecule has 0 saturated carbocycles. The normalized spacial score (nSPS) is 10.4. The standard InChI is InChI=1S/C19H16ClN3O4/c1-26-19(25)22-27-12-13-4-2-3-5-16(13)18(24)17-10-11-23(21-17)15-8-6-14(20)7-9-15/h2-11H,12H2,1H3,(H,22,25). The Morgan fingerprint density at radius 1 is 1.11 bits per heavy atom. The second-order valence-electron chi connectivity index (χ2n) is 5.49. The van der Waals surface area contributed by atoms with E-state index >= 15 is 0 Å². The van der Waals surface area contributed by atoms with Crippen molar-refractivity contribution in [1.29, 1.82) is 0 Å². The quantitative estimate of drug-likeness (QED) is 0.518. The zero-order chi connectivity index (χ0) is 19.2. The maximum Gasteiger partial charge on any atom is 0.431 e. The van der Waals surface area contributed by atoms with Crippen molar-refractivity contribution in [2.45, 2.75) is 6.61 Å². The minimum absolute atomic E-state index is 0.00884. The van der Waals surface area contributed by atoms with Gasteiger partial charge in [-0.05, 0) is 35.9 Å². The topological polar surface area (TPSA) is 82.5 Å². The summed E-state index contributed by atoms with van der Waals surface area (Å²) in [5.74, 6) is -0.250. The molecule has 0 atom stereocenters. The number of hydroxylamine groups is 1. The summed E-state index contributed by atoms with van der Waals surface area (Å²) in [4.78, 5) is 29.0. The third kappa shape index (κ3) is 4.52. The summed E-state index contributed by atoms with van der Waals surface area (Å²) in [5, 5.41) is 4.96. The second kappa shape index (κ2) is 8.48. The lowest BCUT2D eigenvalue weighted by atomic mass is 10.0. The van der Waals surface area contributed by atoms with E-state index in [1.807, 2.05) is 12.1 Å². The molecule has 0 unspecified atom stereocenters. The van der Waals surface area contributed by atoms with Crippen LogP contribution in [0.25, 0.3) is 5.69 Å². The van der Waals surface area contributed by atoms with Crippen molar-refractivity contribution in [2.24, 2.45) is 0 Å². The zero-order valence-electron chi connectivity index (χ0n) is 14.4. The second-order valence-corrected chi connectivity index (χ2v) is 5.93. The van der Waals surface area contributed by atoms with E-state index in [9.17, 15) is 9.59 Å². The van der Waals surface area contributed by atoms with Gasteiger partial charge in [-0.3, -0.25) is 9.63 Å². The highest BCUT2D eigenvalue weighted by Gasteiger charge is 2.16.